The normalized spacial score (nSPS) is 23.8. The van der Waals surface area contributed by atoms with Crippen LogP contribution >= 0.6 is 0 Å². The summed E-state index contributed by atoms with van der Waals surface area (Å²) in [6, 6.07) is 2.29. The van der Waals surface area contributed by atoms with E-state index in [1.165, 1.54) is 13.0 Å². The lowest BCUT2D eigenvalue weighted by atomic mass is 9.92. The third-order valence-electron chi connectivity index (χ3n) is 4.52. The van der Waals surface area contributed by atoms with Gasteiger partial charge in [0.1, 0.15) is 12.1 Å². The molecule has 0 saturated carbocycles. The van der Waals surface area contributed by atoms with Crippen molar-refractivity contribution in [1.82, 2.24) is 15.1 Å². The van der Waals surface area contributed by atoms with Gasteiger partial charge in [-0.15, -0.1) is 0 Å². The Morgan fingerprint density at radius 1 is 1.21 bits per heavy atom. The van der Waals surface area contributed by atoms with Crippen molar-refractivity contribution in [3.05, 3.63) is 35.4 Å². The Labute approximate surface area is 137 Å². The van der Waals surface area contributed by atoms with E-state index in [-0.39, 0.29) is 18.0 Å². The molecule has 3 rings (SSSR count). The SMILES string of the molecule is C[C@@]1(c2ccc(F)c(F)c2)NC(=O)N(CC(=O)N2CCCC2)C1=O. The molecule has 0 radical (unpaired) electrons. The zero-order chi connectivity index (χ0) is 17.5. The van der Waals surface area contributed by atoms with Gasteiger partial charge in [0.05, 0.1) is 0 Å². The Bertz CT molecular complexity index is 719. The highest BCUT2D eigenvalue weighted by molar-refractivity contribution is 6.09. The molecule has 8 heteroatoms. The number of carbonyl (C=O) groups is 3. The third-order valence-corrected chi connectivity index (χ3v) is 4.52. The Morgan fingerprint density at radius 3 is 2.50 bits per heavy atom. The monoisotopic (exact) mass is 337 g/mol. The van der Waals surface area contributed by atoms with E-state index in [1.807, 2.05) is 0 Å². The lowest BCUT2D eigenvalue weighted by molar-refractivity contribution is -0.138. The average molecular weight is 337 g/mol. The van der Waals surface area contributed by atoms with Gasteiger partial charge in [-0.05, 0) is 37.5 Å². The van der Waals surface area contributed by atoms with Crippen LogP contribution in [0.4, 0.5) is 13.6 Å². The van der Waals surface area contributed by atoms with Crippen molar-refractivity contribution in [3.63, 3.8) is 0 Å². The van der Waals surface area contributed by atoms with Crippen LogP contribution in [0, 0.1) is 11.6 Å². The van der Waals surface area contributed by atoms with Crippen LogP contribution in [-0.2, 0) is 15.1 Å². The first-order chi connectivity index (χ1) is 11.3. The summed E-state index contributed by atoms with van der Waals surface area (Å²) in [7, 11) is 0. The maximum absolute atomic E-state index is 13.5. The van der Waals surface area contributed by atoms with Gasteiger partial charge in [0.2, 0.25) is 5.91 Å². The van der Waals surface area contributed by atoms with E-state index in [4.69, 9.17) is 0 Å². The predicted octanol–water partition coefficient (Wildman–Crippen LogP) is 1.35. The van der Waals surface area contributed by atoms with Crippen LogP contribution in [0.15, 0.2) is 18.2 Å². The van der Waals surface area contributed by atoms with Crippen molar-refractivity contribution >= 4 is 17.8 Å². The molecule has 0 aromatic heterocycles. The van der Waals surface area contributed by atoms with Crippen LogP contribution in [0.3, 0.4) is 0 Å². The van der Waals surface area contributed by atoms with Gasteiger partial charge in [0, 0.05) is 13.1 Å². The topological polar surface area (TPSA) is 69.7 Å². The number of hydrogen-bond acceptors (Lipinski definition) is 3. The molecular formula is C16H17F2N3O3. The number of nitrogens with zero attached hydrogens (tertiary/aromatic N) is 2. The number of urea groups is 1. The predicted molar refractivity (Wildman–Crippen MR) is 79.8 cm³/mol. The fourth-order valence-corrected chi connectivity index (χ4v) is 3.05. The van der Waals surface area contributed by atoms with Crippen LogP contribution in [0.2, 0.25) is 0 Å². The highest BCUT2D eigenvalue weighted by Crippen LogP contribution is 2.29. The summed E-state index contributed by atoms with van der Waals surface area (Å²) in [4.78, 5) is 39.4. The number of amides is 4. The number of likely N-dealkylation sites (tertiary alicyclic amines) is 1. The second-order valence-corrected chi connectivity index (χ2v) is 6.16. The molecule has 0 aliphatic carbocycles. The quantitative estimate of drug-likeness (QED) is 0.847. The van der Waals surface area contributed by atoms with E-state index in [0.717, 1.165) is 29.9 Å². The number of imide groups is 1. The van der Waals surface area contributed by atoms with E-state index < -0.39 is 29.1 Å². The molecule has 0 spiro atoms. The van der Waals surface area contributed by atoms with Gasteiger partial charge >= 0.3 is 6.03 Å². The molecule has 2 heterocycles. The minimum Gasteiger partial charge on any atom is -0.341 e. The van der Waals surface area contributed by atoms with Crippen LogP contribution in [0.5, 0.6) is 0 Å². The molecule has 24 heavy (non-hydrogen) atoms. The summed E-state index contributed by atoms with van der Waals surface area (Å²) < 4.78 is 26.6. The van der Waals surface area contributed by atoms with Crippen LogP contribution in [0.1, 0.15) is 25.3 Å². The number of benzene rings is 1. The van der Waals surface area contributed by atoms with Gasteiger partial charge in [0.25, 0.3) is 5.91 Å². The molecular weight excluding hydrogens is 320 g/mol. The summed E-state index contributed by atoms with van der Waals surface area (Å²) in [5.74, 6) is -3.11. The molecule has 2 fully saturated rings. The Morgan fingerprint density at radius 2 is 1.88 bits per heavy atom. The maximum atomic E-state index is 13.5. The Kier molecular flexibility index (Phi) is 3.98. The van der Waals surface area contributed by atoms with Crippen molar-refractivity contribution in [2.45, 2.75) is 25.3 Å². The van der Waals surface area contributed by atoms with E-state index in [0.29, 0.717) is 13.1 Å². The highest BCUT2D eigenvalue weighted by Gasteiger charge is 2.50. The molecule has 1 aromatic rings. The first kappa shape index (κ1) is 16.4. The van der Waals surface area contributed by atoms with Gasteiger partial charge in [0.15, 0.2) is 11.6 Å². The van der Waals surface area contributed by atoms with E-state index in [9.17, 15) is 23.2 Å². The number of nitrogens with one attached hydrogen (secondary N) is 1. The molecule has 2 aliphatic heterocycles. The maximum Gasteiger partial charge on any atom is 0.325 e. The number of rotatable bonds is 3. The molecule has 1 N–H and O–H groups in total. The second-order valence-electron chi connectivity index (χ2n) is 6.16. The Balaban J connectivity index is 1.82. The van der Waals surface area contributed by atoms with Gasteiger partial charge in [-0.2, -0.15) is 0 Å². The van der Waals surface area contributed by atoms with Crippen LogP contribution in [0.25, 0.3) is 0 Å². The van der Waals surface area contributed by atoms with Crippen molar-refractivity contribution in [2.75, 3.05) is 19.6 Å². The van der Waals surface area contributed by atoms with Gasteiger partial charge in [-0.1, -0.05) is 6.07 Å². The highest BCUT2D eigenvalue weighted by atomic mass is 19.2. The number of halogens is 2. The zero-order valence-electron chi connectivity index (χ0n) is 13.1. The molecule has 1 aromatic carbocycles. The van der Waals surface area contributed by atoms with Gasteiger partial charge in [-0.25, -0.2) is 13.6 Å². The zero-order valence-corrected chi connectivity index (χ0v) is 13.1. The standard InChI is InChI=1S/C16H17F2N3O3/c1-16(10-4-5-11(17)12(18)8-10)14(23)21(15(24)19-16)9-13(22)20-6-2-3-7-20/h4-5,8H,2-3,6-7,9H2,1H3,(H,19,24)/t16-/m0/s1. The fourth-order valence-electron chi connectivity index (χ4n) is 3.05. The van der Waals surface area contributed by atoms with E-state index in [1.54, 1.807) is 4.90 Å². The smallest absolute Gasteiger partial charge is 0.325 e. The lowest BCUT2D eigenvalue weighted by Gasteiger charge is -2.23. The van der Waals surface area contributed by atoms with E-state index >= 15 is 0 Å². The van der Waals surface area contributed by atoms with Crippen LogP contribution < -0.4 is 5.32 Å². The minimum atomic E-state index is -1.53. The molecule has 6 nitrogen and oxygen atoms in total. The summed E-state index contributed by atoms with van der Waals surface area (Å²) in [5, 5.41) is 2.47. The van der Waals surface area contributed by atoms with Crippen molar-refractivity contribution in [3.8, 4) is 0 Å². The lowest BCUT2D eigenvalue weighted by Crippen LogP contribution is -2.44. The van der Waals surface area contributed by atoms with Crippen LogP contribution in [-0.4, -0.2) is 47.3 Å². The number of carbonyl (C=O) groups excluding carboxylic acids is 3. The molecule has 0 unspecified atom stereocenters. The van der Waals surface area contributed by atoms with Crippen molar-refractivity contribution in [1.29, 1.82) is 0 Å². The third kappa shape index (κ3) is 2.61. The van der Waals surface area contributed by atoms with Crippen molar-refractivity contribution in [2.24, 2.45) is 0 Å². The summed E-state index contributed by atoms with van der Waals surface area (Å²) in [5.41, 5.74) is -1.41. The van der Waals surface area contributed by atoms with Gasteiger partial charge in [-0.3, -0.25) is 14.5 Å². The molecule has 128 valence electrons. The molecule has 1 atom stereocenters. The second kappa shape index (κ2) is 5.85. The minimum absolute atomic E-state index is 0.121. The molecule has 4 amide bonds. The summed E-state index contributed by atoms with van der Waals surface area (Å²) in [6.07, 6.45) is 1.80. The van der Waals surface area contributed by atoms with E-state index in [2.05, 4.69) is 5.32 Å². The fraction of sp³-hybridized carbons (Fsp3) is 0.438. The number of hydrogen-bond donors (Lipinski definition) is 1. The van der Waals surface area contributed by atoms with Crippen molar-refractivity contribution < 1.29 is 23.2 Å². The Hall–Kier alpha value is -2.51. The van der Waals surface area contributed by atoms with Gasteiger partial charge < -0.3 is 10.2 Å². The summed E-state index contributed by atoms with van der Waals surface area (Å²) >= 11 is 0. The first-order valence-corrected chi connectivity index (χ1v) is 7.70. The molecule has 2 saturated heterocycles. The molecule has 0 bridgehead atoms. The molecule has 2 aliphatic rings. The summed E-state index contributed by atoms with van der Waals surface area (Å²) in [6.45, 7) is 2.27. The average Bonchev–Trinajstić information content (AvgIpc) is 3.14. The largest absolute Gasteiger partial charge is 0.341 e. The first-order valence-electron chi connectivity index (χ1n) is 7.70.